The van der Waals surface area contributed by atoms with E-state index >= 15 is 0 Å². The number of carbonyl (C=O) groups is 2. The van der Waals surface area contributed by atoms with E-state index in [4.69, 9.17) is 24.3 Å². The van der Waals surface area contributed by atoms with Crippen LogP contribution < -0.4 is 17.0 Å². The number of aryl methyl sites for hydroxylation is 1. The van der Waals surface area contributed by atoms with Gasteiger partial charge in [0, 0.05) is 43.2 Å². The maximum Gasteiger partial charge on any atom is 0.330 e. The zero-order valence-electron chi connectivity index (χ0n) is 21.9. The topological polar surface area (TPSA) is 155 Å². The molecule has 0 spiro atoms. The van der Waals surface area contributed by atoms with Crippen LogP contribution in [0.25, 0.3) is 0 Å². The lowest BCUT2D eigenvalue weighted by molar-refractivity contribution is -0.153. The van der Waals surface area contributed by atoms with Crippen LogP contribution in [-0.2, 0) is 28.1 Å². The molecule has 1 aliphatic heterocycles. The molecule has 0 aliphatic carbocycles. The minimum absolute atomic E-state index is 0.0322. The number of hydrogen-bond acceptors (Lipinski definition) is 10. The molecule has 4 atom stereocenters. The lowest BCUT2D eigenvalue weighted by Gasteiger charge is -2.36. The van der Waals surface area contributed by atoms with E-state index in [2.05, 4.69) is 9.65 Å². The van der Waals surface area contributed by atoms with Crippen LogP contribution in [0.15, 0.2) is 15.8 Å². The summed E-state index contributed by atoms with van der Waals surface area (Å²) in [4.78, 5) is 50.2. The highest BCUT2D eigenvalue weighted by molar-refractivity contribution is 7.44. The molecule has 2 rings (SSSR count). The SMILES string of the molecule is CC(=O)CCC(=O)OC1C[C@H](n2cc(C)c(=O)[nH]c2=O)O[C@@H]1COP(OCCN)N(C(C)C)C(C)C. The maximum absolute atomic E-state index is 12.4. The van der Waals surface area contributed by atoms with Gasteiger partial charge in [-0.3, -0.25) is 19.1 Å². The first kappa shape index (κ1) is 30.3. The van der Waals surface area contributed by atoms with Crippen molar-refractivity contribution in [3.63, 3.8) is 0 Å². The lowest BCUT2D eigenvalue weighted by Crippen LogP contribution is -2.36. The van der Waals surface area contributed by atoms with Crippen LogP contribution in [0.4, 0.5) is 0 Å². The summed E-state index contributed by atoms with van der Waals surface area (Å²) in [5.41, 5.74) is 4.88. The van der Waals surface area contributed by atoms with E-state index in [1.54, 1.807) is 6.92 Å². The predicted octanol–water partition coefficient (Wildman–Crippen LogP) is 1.75. The maximum atomic E-state index is 12.4. The van der Waals surface area contributed by atoms with Gasteiger partial charge in [0.2, 0.25) is 0 Å². The van der Waals surface area contributed by atoms with E-state index in [1.165, 1.54) is 17.7 Å². The molecule has 13 heteroatoms. The van der Waals surface area contributed by atoms with Crippen LogP contribution in [0.5, 0.6) is 0 Å². The van der Waals surface area contributed by atoms with E-state index < -0.39 is 44.2 Å². The molecule has 0 saturated carbocycles. The molecule has 0 radical (unpaired) electrons. The quantitative estimate of drug-likeness (QED) is 0.268. The summed E-state index contributed by atoms with van der Waals surface area (Å²) in [6.45, 7) is 11.8. The lowest BCUT2D eigenvalue weighted by atomic mass is 10.1. The fourth-order valence-electron chi connectivity index (χ4n) is 3.86. The zero-order valence-corrected chi connectivity index (χ0v) is 22.8. The number of ketones is 1. The minimum Gasteiger partial charge on any atom is -0.459 e. The Kier molecular flexibility index (Phi) is 11.9. The number of nitrogens with one attached hydrogen (secondary N) is 1. The fraction of sp³-hybridized carbons (Fsp3) is 0.739. The smallest absolute Gasteiger partial charge is 0.330 e. The average Bonchev–Trinajstić information content (AvgIpc) is 3.18. The van der Waals surface area contributed by atoms with Gasteiger partial charge in [0.05, 0.1) is 19.6 Å². The van der Waals surface area contributed by atoms with Crippen molar-refractivity contribution in [2.75, 3.05) is 19.8 Å². The number of esters is 1. The number of aromatic nitrogens is 2. The van der Waals surface area contributed by atoms with Crippen LogP contribution >= 0.6 is 8.53 Å². The molecular formula is C23H39N4O8P. The van der Waals surface area contributed by atoms with E-state index in [9.17, 15) is 19.2 Å². The molecule has 2 heterocycles. The highest BCUT2D eigenvalue weighted by atomic mass is 31.2. The summed E-state index contributed by atoms with van der Waals surface area (Å²) in [6, 6.07) is 0.267. The first-order valence-electron chi connectivity index (χ1n) is 12.1. The van der Waals surface area contributed by atoms with E-state index in [-0.39, 0.29) is 43.7 Å². The Bertz CT molecular complexity index is 987. The van der Waals surface area contributed by atoms with Crippen molar-refractivity contribution in [3.05, 3.63) is 32.6 Å². The molecule has 1 aliphatic rings. The van der Waals surface area contributed by atoms with Gasteiger partial charge in [-0.05, 0) is 41.5 Å². The van der Waals surface area contributed by atoms with Gasteiger partial charge >= 0.3 is 11.7 Å². The van der Waals surface area contributed by atoms with Gasteiger partial charge < -0.3 is 29.0 Å². The molecule has 1 saturated heterocycles. The van der Waals surface area contributed by atoms with E-state index in [1.807, 2.05) is 27.7 Å². The number of H-pyrrole nitrogens is 1. The Morgan fingerprint density at radius 2 is 1.89 bits per heavy atom. The Morgan fingerprint density at radius 1 is 1.22 bits per heavy atom. The summed E-state index contributed by atoms with van der Waals surface area (Å²) in [5, 5.41) is 0. The van der Waals surface area contributed by atoms with Gasteiger partial charge in [0.25, 0.3) is 14.1 Å². The standard InChI is InChI=1S/C23H39N4O8P/c1-14(2)27(15(3)4)36(32-10-9-24)33-13-19-18(35-21(29)8-7-17(6)28)11-20(34-19)26-12-16(5)22(30)25-23(26)31/h12,14-15,18-20H,7-11,13,24H2,1-6H3,(H,25,30,31)/t18?,19-,20-,36?/m1/s1. The molecule has 2 unspecified atom stereocenters. The Balaban J connectivity index is 2.24. The largest absolute Gasteiger partial charge is 0.459 e. The van der Waals surface area contributed by atoms with E-state index in [0.29, 0.717) is 18.7 Å². The third kappa shape index (κ3) is 8.57. The molecule has 0 bridgehead atoms. The van der Waals surface area contributed by atoms with Gasteiger partial charge in [-0.2, -0.15) is 0 Å². The van der Waals surface area contributed by atoms with Crippen LogP contribution in [0.2, 0.25) is 0 Å². The van der Waals surface area contributed by atoms with Gasteiger partial charge in [0.1, 0.15) is 24.2 Å². The monoisotopic (exact) mass is 530 g/mol. The predicted molar refractivity (Wildman–Crippen MR) is 134 cm³/mol. The van der Waals surface area contributed by atoms with Crippen molar-refractivity contribution in [1.29, 1.82) is 0 Å². The summed E-state index contributed by atoms with van der Waals surface area (Å²) in [7, 11) is -1.49. The van der Waals surface area contributed by atoms with Gasteiger partial charge in [-0.1, -0.05) is 0 Å². The highest BCUT2D eigenvalue weighted by Gasteiger charge is 2.41. The van der Waals surface area contributed by atoms with Gasteiger partial charge in [-0.15, -0.1) is 0 Å². The summed E-state index contributed by atoms with van der Waals surface area (Å²) >= 11 is 0. The number of aromatic amines is 1. The second kappa shape index (κ2) is 14.1. The second-order valence-electron chi connectivity index (χ2n) is 9.30. The molecular weight excluding hydrogens is 491 g/mol. The van der Waals surface area contributed by atoms with Gasteiger partial charge in [-0.25, -0.2) is 9.46 Å². The highest BCUT2D eigenvalue weighted by Crippen LogP contribution is 2.46. The van der Waals surface area contributed by atoms with Crippen molar-refractivity contribution < 1.29 is 28.1 Å². The third-order valence-electron chi connectivity index (χ3n) is 5.52. The van der Waals surface area contributed by atoms with Crippen LogP contribution in [0.1, 0.15) is 65.7 Å². The molecule has 204 valence electrons. The summed E-state index contributed by atoms with van der Waals surface area (Å²) in [6.07, 6.45) is -0.608. The summed E-state index contributed by atoms with van der Waals surface area (Å²) < 4.78 is 27.2. The number of ether oxygens (including phenoxy) is 2. The van der Waals surface area contributed by atoms with Crippen molar-refractivity contribution in [1.82, 2.24) is 14.2 Å². The van der Waals surface area contributed by atoms with Crippen molar-refractivity contribution in [3.8, 4) is 0 Å². The molecule has 36 heavy (non-hydrogen) atoms. The molecule has 0 aromatic carbocycles. The summed E-state index contributed by atoms with van der Waals surface area (Å²) in [5.74, 6) is -0.658. The Labute approximate surface area is 212 Å². The van der Waals surface area contributed by atoms with Crippen molar-refractivity contribution >= 4 is 20.3 Å². The fourth-order valence-corrected chi connectivity index (χ4v) is 5.49. The second-order valence-corrected chi connectivity index (χ2v) is 10.8. The first-order valence-corrected chi connectivity index (χ1v) is 13.3. The van der Waals surface area contributed by atoms with Gasteiger partial charge in [0.15, 0.2) is 0 Å². The molecule has 1 aromatic heterocycles. The van der Waals surface area contributed by atoms with Crippen LogP contribution in [-0.4, -0.2) is 70.0 Å². The molecule has 1 fully saturated rings. The normalized spacial score (nSPS) is 20.9. The Hall–Kier alpha value is -1.95. The van der Waals surface area contributed by atoms with Crippen molar-refractivity contribution in [2.24, 2.45) is 5.73 Å². The number of Topliss-reactive ketones (excluding diaryl/α,β-unsaturated/α-hetero) is 1. The zero-order chi connectivity index (χ0) is 27.0. The minimum atomic E-state index is -1.49. The number of nitrogens with two attached hydrogens (primary N) is 1. The van der Waals surface area contributed by atoms with E-state index in [0.717, 1.165) is 0 Å². The van der Waals surface area contributed by atoms with Crippen molar-refractivity contribution in [2.45, 2.75) is 91.3 Å². The first-order chi connectivity index (χ1) is 16.9. The Morgan fingerprint density at radius 3 is 2.47 bits per heavy atom. The number of nitrogens with zero attached hydrogens (tertiary/aromatic N) is 2. The number of carbonyl (C=O) groups excluding carboxylic acids is 2. The van der Waals surface area contributed by atoms with Crippen LogP contribution in [0.3, 0.4) is 0 Å². The third-order valence-corrected chi connectivity index (χ3v) is 7.59. The van der Waals surface area contributed by atoms with Crippen LogP contribution in [0, 0.1) is 6.92 Å². The number of hydrogen-bond donors (Lipinski definition) is 2. The average molecular weight is 531 g/mol. The molecule has 1 aromatic rings. The number of rotatable bonds is 14. The molecule has 3 N–H and O–H groups in total. The molecule has 12 nitrogen and oxygen atoms in total. The molecule has 0 amide bonds.